The summed E-state index contributed by atoms with van der Waals surface area (Å²) in [6.45, 7) is 1.89. The lowest BCUT2D eigenvalue weighted by molar-refractivity contribution is -0.132. The first-order valence-electron chi connectivity index (χ1n) is 9.17. The van der Waals surface area contributed by atoms with E-state index < -0.39 is 29.3 Å². The molecular formula is C23H18FNO4S. The van der Waals surface area contributed by atoms with Crippen LogP contribution in [0.5, 0.6) is 5.75 Å². The fourth-order valence-electron chi connectivity index (χ4n) is 3.60. The van der Waals surface area contributed by atoms with Crippen molar-refractivity contribution in [2.75, 3.05) is 12.0 Å². The molecule has 0 bridgehead atoms. The number of Topliss-reactive ketones (excluding diaryl/α,β-unsaturated/α-hetero) is 1. The van der Waals surface area contributed by atoms with Crippen molar-refractivity contribution >= 4 is 34.5 Å². The van der Waals surface area contributed by atoms with Crippen LogP contribution in [0, 0.1) is 12.7 Å². The second-order valence-corrected chi connectivity index (χ2v) is 7.85. The summed E-state index contributed by atoms with van der Waals surface area (Å²) in [5.41, 5.74) is 1.38. The van der Waals surface area contributed by atoms with Crippen LogP contribution in [0.2, 0.25) is 0 Å². The number of thiophene rings is 1. The minimum atomic E-state index is -0.835. The Hall–Kier alpha value is -3.45. The predicted octanol–water partition coefficient (Wildman–Crippen LogP) is 4.83. The van der Waals surface area contributed by atoms with Gasteiger partial charge >= 0.3 is 0 Å². The first-order chi connectivity index (χ1) is 14.4. The van der Waals surface area contributed by atoms with Crippen molar-refractivity contribution in [3.8, 4) is 5.75 Å². The number of ketones is 1. The van der Waals surface area contributed by atoms with E-state index in [1.54, 1.807) is 30.3 Å². The summed E-state index contributed by atoms with van der Waals surface area (Å²) in [5.74, 6) is -2.47. The van der Waals surface area contributed by atoms with Gasteiger partial charge in [0.1, 0.15) is 23.4 Å². The molecule has 1 aliphatic rings. The molecule has 1 aromatic heterocycles. The molecule has 1 saturated heterocycles. The lowest BCUT2D eigenvalue weighted by Gasteiger charge is -2.24. The van der Waals surface area contributed by atoms with Crippen molar-refractivity contribution in [3.05, 3.63) is 87.4 Å². The highest BCUT2D eigenvalue weighted by Crippen LogP contribution is 2.44. The van der Waals surface area contributed by atoms with Gasteiger partial charge in [0.2, 0.25) is 0 Å². The second kappa shape index (κ2) is 7.76. The van der Waals surface area contributed by atoms with Gasteiger partial charge in [0.05, 0.1) is 18.2 Å². The number of amides is 1. The third-order valence-corrected chi connectivity index (χ3v) is 5.88. The van der Waals surface area contributed by atoms with Crippen LogP contribution in [0.3, 0.4) is 0 Å². The first kappa shape index (κ1) is 19.8. The lowest BCUT2D eigenvalue weighted by atomic mass is 9.99. The Kier molecular flexibility index (Phi) is 5.13. The standard InChI is InChI=1S/C23H18FNO4S/c1-13-5-3-6-15(11-13)25-20(18-7-4-10-30-18)19(22(27)23(25)28)21(26)16-12-14(24)8-9-17(16)29-2/h3-12,20,26H,1-2H3/b21-19-. The highest BCUT2D eigenvalue weighted by Gasteiger charge is 2.47. The maximum atomic E-state index is 13.9. The van der Waals surface area contributed by atoms with Crippen molar-refractivity contribution in [1.82, 2.24) is 0 Å². The van der Waals surface area contributed by atoms with E-state index in [0.29, 0.717) is 10.6 Å². The van der Waals surface area contributed by atoms with E-state index in [1.165, 1.54) is 35.5 Å². The van der Waals surface area contributed by atoms with Crippen LogP contribution in [0.15, 0.2) is 65.6 Å². The van der Waals surface area contributed by atoms with E-state index >= 15 is 0 Å². The topological polar surface area (TPSA) is 66.8 Å². The van der Waals surface area contributed by atoms with Crippen LogP contribution in [-0.4, -0.2) is 23.9 Å². The van der Waals surface area contributed by atoms with E-state index in [-0.39, 0.29) is 16.9 Å². The predicted molar refractivity (Wildman–Crippen MR) is 113 cm³/mol. The first-order valence-corrected chi connectivity index (χ1v) is 10.1. The molecule has 2 aromatic carbocycles. The third kappa shape index (κ3) is 3.27. The Balaban J connectivity index is 1.97. The van der Waals surface area contributed by atoms with E-state index in [2.05, 4.69) is 0 Å². The molecular weight excluding hydrogens is 405 g/mol. The molecule has 5 nitrogen and oxygen atoms in total. The van der Waals surface area contributed by atoms with E-state index in [0.717, 1.165) is 11.6 Å². The summed E-state index contributed by atoms with van der Waals surface area (Å²) < 4.78 is 19.1. The molecule has 1 fully saturated rings. The fourth-order valence-corrected chi connectivity index (χ4v) is 4.43. The van der Waals surface area contributed by atoms with Crippen molar-refractivity contribution in [1.29, 1.82) is 0 Å². The van der Waals surface area contributed by atoms with Gasteiger partial charge in [-0.15, -0.1) is 11.3 Å². The van der Waals surface area contributed by atoms with E-state index in [4.69, 9.17) is 4.74 Å². The number of nitrogens with zero attached hydrogens (tertiary/aromatic N) is 1. The van der Waals surface area contributed by atoms with Crippen LogP contribution in [0.1, 0.15) is 22.0 Å². The number of carbonyl (C=O) groups excluding carboxylic acids is 2. The van der Waals surface area contributed by atoms with Crippen LogP contribution < -0.4 is 9.64 Å². The Morgan fingerprint density at radius 1 is 1.13 bits per heavy atom. The summed E-state index contributed by atoms with van der Waals surface area (Å²) in [5, 5.41) is 12.9. The van der Waals surface area contributed by atoms with Crippen molar-refractivity contribution in [2.45, 2.75) is 13.0 Å². The summed E-state index contributed by atoms with van der Waals surface area (Å²) >= 11 is 1.36. The number of benzene rings is 2. The summed E-state index contributed by atoms with van der Waals surface area (Å²) in [7, 11) is 1.38. The monoisotopic (exact) mass is 423 g/mol. The maximum absolute atomic E-state index is 13.9. The van der Waals surface area contributed by atoms with Crippen molar-refractivity contribution in [2.24, 2.45) is 0 Å². The highest BCUT2D eigenvalue weighted by atomic mass is 32.1. The van der Waals surface area contributed by atoms with Gasteiger partial charge in [-0.25, -0.2) is 4.39 Å². The molecule has 0 saturated carbocycles. The number of methoxy groups -OCH3 is 1. The van der Waals surface area contributed by atoms with Gasteiger partial charge in [-0.05, 0) is 54.3 Å². The molecule has 1 amide bonds. The maximum Gasteiger partial charge on any atom is 0.300 e. The van der Waals surface area contributed by atoms with Crippen LogP contribution in [0.4, 0.5) is 10.1 Å². The van der Waals surface area contributed by atoms with Crippen LogP contribution >= 0.6 is 11.3 Å². The van der Waals surface area contributed by atoms with Gasteiger partial charge in [0.25, 0.3) is 11.7 Å². The molecule has 0 radical (unpaired) electrons. The van der Waals surface area contributed by atoms with Crippen molar-refractivity contribution < 1.29 is 23.8 Å². The average molecular weight is 423 g/mol. The molecule has 4 rings (SSSR count). The fraction of sp³-hybridized carbons (Fsp3) is 0.130. The zero-order valence-electron chi connectivity index (χ0n) is 16.3. The Labute approximate surface area is 176 Å². The van der Waals surface area contributed by atoms with Gasteiger partial charge in [-0.1, -0.05) is 18.2 Å². The summed E-state index contributed by atoms with van der Waals surface area (Å²) in [6.07, 6.45) is 0. The van der Waals surface area contributed by atoms with Gasteiger partial charge in [0.15, 0.2) is 0 Å². The highest BCUT2D eigenvalue weighted by molar-refractivity contribution is 7.10. The number of hydrogen-bond donors (Lipinski definition) is 1. The third-order valence-electron chi connectivity index (χ3n) is 4.95. The number of carbonyl (C=O) groups is 2. The molecule has 7 heteroatoms. The molecule has 152 valence electrons. The van der Waals surface area contributed by atoms with Gasteiger partial charge < -0.3 is 9.84 Å². The number of aryl methyl sites for hydroxylation is 1. The number of hydrogen-bond acceptors (Lipinski definition) is 5. The number of aliphatic hydroxyl groups is 1. The minimum absolute atomic E-state index is 0.0151. The minimum Gasteiger partial charge on any atom is -0.507 e. The quantitative estimate of drug-likeness (QED) is 0.371. The van der Waals surface area contributed by atoms with E-state index in [9.17, 15) is 19.1 Å². The summed E-state index contributed by atoms with van der Waals surface area (Å²) in [6, 6.07) is 13.6. The molecule has 2 heterocycles. The molecule has 1 unspecified atom stereocenters. The smallest absolute Gasteiger partial charge is 0.300 e. The SMILES string of the molecule is COc1ccc(F)cc1/C(O)=C1/C(=O)C(=O)N(c2cccc(C)c2)C1c1cccs1. The molecule has 0 aliphatic carbocycles. The molecule has 1 N–H and O–H groups in total. The number of rotatable bonds is 4. The largest absolute Gasteiger partial charge is 0.507 e. The van der Waals surface area contributed by atoms with Crippen LogP contribution in [0.25, 0.3) is 5.76 Å². The van der Waals surface area contributed by atoms with Gasteiger partial charge in [0, 0.05) is 10.6 Å². The number of halogens is 1. The zero-order valence-corrected chi connectivity index (χ0v) is 17.1. The zero-order chi connectivity index (χ0) is 21.4. The number of anilines is 1. The van der Waals surface area contributed by atoms with Gasteiger partial charge in [-0.3, -0.25) is 14.5 Å². The van der Waals surface area contributed by atoms with E-state index in [1.807, 2.05) is 18.4 Å². The molecule has 0 spiro atoms. The lowest BCUT2D eigenvalue weighted by Crippen LogP contribution is -2.29. The summed E-state index contributed by atoms with van der Waals surface area (Å²) in [4.78, 5) is 28.1. The Morgan fingerprint density at radius 3 is 2.60 bits per heavy atom. The van der Waals surface area contributed by atoms with Crippen LogP contribution in [-0.2, 0) is 9.59 Å². The average Bonchev–Trinajstić information content (AvgIpc) is 3.34. The van der Waals surface area contributed by atoms with Crippen molar-refractivity contribution in [3.63, 3.8) is 0 Å². The Bertz CT molecular complexity index is 1170. The van der Waals surface area contributed by atoms with Gasteiger partial charge in [-0.2, -0.15) is 0 Å². The molecule has 1 atom stereocenters. The number of ether oxygens (including phenoxy) is 1. The molecule has 30 heavy (non-hydrogen) atoms. The Morgan fingerprint density at radius 2 is 1.93 bits per heavy atom. The second-order valence-electron chi connectivity index (χ2n) is 6.87. The molecule has 1 aliphatic heterocycles. The number of aliphatic hydroxyl groups excluding tert-OH is 1. The normalized spacial score (nSPS) is 18.1. The molecule has 3 aromatic rings.